The van der Waals surface area contributed by atoms with Crippen molar-refractivity contribution in [3.63, 3.8) is 0 Å². The van der Waals surface area contributed by atoms with Crippen LogP contribution in [-0.2, 0) is 35.7 Å². The van der Waals surface area contributed by atoms with Gasteiger partial charge in [0, 0.05) is 13.1 Å². The summed E-state index contributed by atoms with van der Waals surface area (Å²) in [6.45, 7) is 2.45. The molecule has 0 bridgehead atoms. The van der Waals surface area contributed by atoms with Gasteiger partial charge in [-0.3, -0.25) is 4.79 Å². The van der Waals surface area contributed by atoms with Crippen LogP contribution < -0.4 is 56.7 Å². The number of carbonyl (C=O) groups excluding carboxylic acids is 1. The summed E-state index contributed by atoms with van der Waals surface area (Å²) in [7, 11) is -3.81. The number of fused-ring (bicyclic) bond motifs is 2. The number of anilines is 1. The summed E-state index contributed by atoms with van der Waals surface area (Å²) in [6.07, 6.45) is 10.1. The van der Waals surface area contributed by atoms with Crippen LogP contribution in [0.4, 0.5) is 10.5 Å². The summed E-state index contributed by atoms with van der Waals surface area (Å²) < 4.78 is 29.4. The second-order valence-electron chi connectivity index (χ2n) is 9.24. The number of hydrogen-bond donors (Lipinski definition) is 1. The maximum atomic E-state index is 12.8. The number of amides is 2. The first-order valence-electron chi connectivity index (χ1n) is 11.2. The molecule has 30 heavy (non-hydrogen) atoms. The van der Waals surface area contributed by atoms with Crippen LogP contribution in [0, 0.1) is 5.92 Å². The van der Waals surface area contributed by atoms with E-state index in [1.54, 1.807) is 0 Å². The van der Waals surface area contributed by atoms with Crippen molar-refractivity contribution in [2.24, 2.45) is 5.92 Å². The minimum Gasteiger partial charge on any atom is -0.423 e. The van der Waals surface area contributed by atoms with Crippen LogP contribution in [0.15, 0.2) is 6.07 Å². The molecule has 1 saturated heterocycles. The van der Waals surface area contributed by atoms with E-state index in [1.165, 1.54) is 35.1 Å². The Morgan fingerprint density at radius 2 is 1.70 bits per heavy atom. The zero-order valence-electron chi connectivity index (χ0n) is 18.0. The molecule has 5 rings (SSSR count). The maximum Gasteiger partial charge on any atom is 1.00 e. The quantitative estimate of drug-likeness (QED) is 0.666. The Kier molecular flexibility index (Phi) is 7.34. The van der Waals surface area contributed by atoms with Crippen molar-refractivity contribution in [3.8, 4) is 0 Å². The summed E-state index contributed by atoms with van der Waals surface area (Å²) in [5, 5.41) is 2.33. The van der Waals surface area contributed by atoms with Crippen molar-refractivity contribution in [2.75, 3.05) is 25.0 Å². The average Bonchev–Trinajstić information content (AvgIpc) is 3.16. The third kappa shape index (κ3) is 5.00. The molecule has 8 heteroatoms. The number of hydrogen-bond acceptors (Lipinski definition) is 4. The van der Waals surface area contributed by atoms with Gasteiger partial charge in [0.05, 0.1) is 5.25 Å². The number of sulfonamides is 1. The van der Waals surface area contributed by atoms with Crippen LogP contribution in [0.1, 0.15) is 60.8 Å². The van der Waals surface area contributed by atoms with Crippen LogP contribution in [0.5, 0.6) is 0 Å². The standard InChI is InChI=1S/C22H31N3O3S.K/c26-22(23-21-19-7-1-4-16(19)12-17-5-2-8-20(17)21)24-29(27,28)18-6-3-11-25(14-18)13-15-9-10-15;/h12,15,18H,1-11,13-14H2,(H2,23,24,26);/q;+1/p-1. The minimum absolute atomic E-state index is 0. The third-order valence-electron chi connectivity index (χ3n) is 7.01. The van der Waals surface area contributed by atoms with E-state index in [1.807, 2.05) is 0 Å². The summed E-state index contributed by atoms with van der Waals surface area (Å²) >= 11 is 0. The van der Waals surface area contributed by atoms with Gasteiger partial charge in [0.2, 0.25) is 0 Å². The number of nitrogens with one attached hydrogen (secondary N) is 1. The second kappa shape index (κ2) is 9.49. The van der Waals surface area contributed by atoms with Gasteiger partial charge in [-0.15, -0.1) is 0 Å². The van der Waals surface area contributed by atoms with E-state index < -0.39 is 21.3 Å². The first kappa shape index (κ1) is 23.2. The van der Waals surface area contributed by atoms with Gasteiger partial charge in [0.1, 0.15) is 0 Å². The fourth-order valence-corrected chi connectivity index (χ4v) is 6.66. The van der Waals surface area contributed by atoms with Crippen LogP contribution >= 0.6 is 0 Å². The van der Waals surface area contributed by atoms with Crippen molar-refractivity contribution in [3.05, 3.63) is 33.0 Å². The SMILES string of the molecule is O=C([N-]S(=O)(=O)C1CCCN(CC2CC2)C1)Nc1c2c(cc3c1CCC3)CCC2.[K+]. The summed E-state index contributed by atoms with van der Waals surface area (Å²) in [5.41, 5.74) is 5.87. The maximum absolute atomic E-state index is 12.8. The number of rotatable bonds is 5. The van der Waals surface area contributed by atoms with E-state index in [2.05, 4.69) is 21.0 Å². The molecule has 4 aliphatic rings. The molecule has 158 valence electrons. The zero-order valence-corrected chi connectivity index (χ0v) is 21.9. The Morgan fingerprint density at radius 3 is 2.33 bits per heavy atom. The Balaban J connectivity index is 0.00000218. The van der Waals surface area contributed by atoms with Crippen LogP contribution in [0.2, 0.25) is 0 Å². The summed E-state index contributed by atoms with van der Waals surface area (Å²) in [6, 6.07) is 1.57. The first-order chi connectivity index (χ1) is 14.0. The van der Waals surface area contributed by atoms with Crippen LogP contribution in [0.3, 0.4) is 0 Å². The topological polar surface area (TPSA) is 80.6 Å². The normalized spacial score (nSPS) is 23.4. The van der Waals surface area contributed by atoms with Gasteiger partial charge in [0.25, 0.3) is 0 Å². The molecule has 1 atom stereocenters. The minimum atomic E-state index is -3.81. The predicted octanol–water partition coefficient (Wildman–Crippen LogP) is 0.778. The average molecular weight is 456 g/mol. The van der Waals surface area contributed by atoms with Gasteiger partial charge in [-0.05, 0) is 105 Å². The molecule has 1 aromatic carbocycles. The summed E-state index contributed by atoms with van der Waals surface area (Å²) in [4.78, 5) is 14.9. The predicted molar refractivity (Wildman–Crippen MR) is 114 cm³/mol. The Labute approximate surface area is 222 Å². The number of piperidine rings is 1. The van der Waals surface area contributed by atoms with E-state index >= 15 is 0 Å². The number of likely N-dealkylation sites (tertiary alicyclic amines) is 1. The molecular weight excluding hydrogens is 425 g/mol. The number of nitrogens with zero attached hydrogens (tertiary/aromatic N) is 2. The van der Waals surface area contributed by atoms with E-state index in [0.29, 0.717) is 13.0 Å². The number of carbonyl (C=O) groups is 1. The van der Waals surface area contributed by atoms with Crippen molar-refractivity contribution < 1.29 is 64.6 Å². The largest absolute Gasteiger partial charge is 1.00 e. The molecule has 0 radical (unpaired) electrons. The molecule has 1 N–H and O–H groups in total. The number of urea groups is 1. The number of aryl methyl sites for hydroxylation is 2. The van der Waals surface area contributed by atoms with Gasteiger partial charge in [-0.1, -0.05) is 6.07 Å². The van der Waals surface area contributed by atoms with Crippen molar-refractivity contribution in [1.82, 2.24) is 4.90 Å². The molecular formula is C22H30KN3O3S. The smallest absolute Gasteiger partial charge is 0.423 e. The van der Waals surface area contributed by atoms with Crippen molar-refractivity contribution in [2.45, 2.75) is 69.5 Å². The number of benzene rings is 1. The van der Waals surface area contributed by atoms with Gasteiger partial charge >= 0.3 is 51.4 Å². The molecule has 1 saturated carbocycles. The third-order valence-corrected chi connectivity index (χ3v) is 8.66. The van der Waals surface area contributed by atoms with Gasteiger partial charge < -0.3 is 14.9 Å². The van der Waals surface area contributed by atoms with Crippen LogP contribution in [-0.4, -0.2) is 44.2 Å². The van der Waals surface area contributed by atoms with Crippen LogP contribution in [0.25, 0.3) is 4.72 Å². The van der Waals surface area contributed by atoms with Gasteiger partial charge in [-0.25, -0.2) is 8.42 Å². The molecule has 2 amide bonds. The van der Waals surface area contributed by atoms with E-state index in [9.17, 15) is 13.2 Å². The van der Waals surface area contributed by atoms with E-state index in [0.717, 1.165) is 69.6 Å². The molecule has 0 spiro atoms. The molecule has 3 aliphatic carbocycles. The first-order valence-corrected chi connectivity index (χ1v) is 12.7. The fourth-order valence-electron chi connectivity index (χ4n) is 5.37. The van der Waals surface area contributed by atoms with Crippen molar-refractivity contribution in [1.29, 1.82) is 0 Å². The molecule has 6 nitrogen and oxygen atoms in total. The monoisotopic (exact) mass is 455 g/mol. The molecule has 0 aromatic heterocycles. The fraction of sp³-hybridized carbons (Fsp3) is 0.682. The van der Waals surface area contributed by atoms with Gasteiger partial charge in [0.15, 0.2) is 16.1 Å². The molecule has 1 unspecified atom stereocenters. The Hall–Kier alpha value is 0.0364. The Morgan fingerprint density at radius 1 is 1.03 bits per heavy atom. The summed E-state index contributed by atoms with van der Waals surface area (Å²) in [5.74, 6) is 0.735. The molecule has 1 heterocycles. The Bertz CT molecular complexity index is 898. The molecule has 2 fully saturated rings. The second-order valence-corrected chi connectivity index (χ2v) is 11.1. The zero-order chi connectivity index (χ0) is 20.0. The van der Waals surface area contributed by atoms with Gasteiger partial charge in [-0.2, -0.15) is 0 Å². The van der Waals surface area contributed by atoms with E-state index in [-0.39, 0.29) is 51.4 Å². The molecule has 1 aromatic rings. The van der Waals surface area contributed by atoms with E-state index in [4.69, 9.17) is 0 Å². The van der Waals surface area contributed by atoms with Crippen molar-refractivity contribution >= 4 is 21.7 Å². The molecule has 1 aliphatic heterocycles.